The number of carbonyl (C=O) groups excluding carboxylic acids is 1. The van der Waals surface area contributed by atoms with Crippen LogP contribution >= 0.6 is 15.9 Å². The van der Waals surface area contributed by atoms with Crippen LogP contribution < -0.4 is 5.73 Å². The van der Waals surface area contributed by atoms with E-state index in [-0.39, 0.29) is 10.4 Å². The molecule has 1 amide bonds. The number of benzene rings is 2. The highest BCUT2D eigenvalue weighted by molar-refractivity contribution is 9.10. The molecule has 0 aliphatic rings. The molecule has 21 heavy (non-hydrogen) atoms. The highest BCUT2D eigenvalue weighted by Crippen LogP contribution is 2.22. The summed E-state index contributed by atoms with van der Waals surface area (Å²) < 4.78 is 13.8. The number of halogens is 2. The first-order chi connectivity index (χ1) is 10.1. The van der Waals surface area contributed by atoms with Crippen LogP contribution in [0, 0.1) is 5.82 Å². The first-order valence-corrected chi connectivity index (χ1v) is 7.40. The Hall–Kier alpha value is -1.72. The summed E-state index contributed by atoms with van der Waals surface area (Å²) in [4.78, 5) is 14.2. The normalized spacial score (nSPS) is 10.4. The summed E-state index contributed by atoms with van der Waals surface area (Å²) in [5, 5.41) is 0. The molecule has 2 N–H and O–H groups in total. The summed E-state index contributed by atoms with van der Waals surface area (Å²) in [6.45, 7) is 1.21. The summed E-state index contributed by atoms with van der Waals surface area (Å²) in [5.74, 6) is -0.691. The molecule has 110 valence electrons. The zero-order valence-corrected chi connectivity index (χ0v) is 13.0. The van der Waals surface area contributed by atoms with E-state index in [4.69, 9.17) is 5.73 Å². The van der Waals surface area contributed by atoms with Gasteiger partial charge in [0, 0.05) is 19.6 Å². The van der Waals surface area contributed by atoms with E-state index in [0.29, 0.717) is 25.2 Å². The fourth-order valence-corrected chi connectivity index (χ4v) is 2.49. The van der Waals surface area contributed by atoms with Gasteiger partial charge in [-0.15, -0.1) is 0 Å². The van der Waals surface area contributed by atoms with Crippen molar-refractivity contribution in [2.75, 3.05) is 13.1 Å². The Bertz CT molecular complexity index is 619. The van der Waals surface area contributed by atoms with E-state index in [1.54, 1.807) is 11.0 Å². The molecule has 0 bridgehead atoms. The molecule has 0 aromatic heterocycles. The average molecular weight is 351 g/mol. The molecule has 0 unspecified atom stereocenters. The maximum absolute atomic E-state index is 13.6. The Labute approximate surface area is 131 Å². The van der Waals surface area contributed by atoms with Crippen molar-refractivity contribution in [3.8, 4) is 0 Å². The number of amides is 1. The molecule has 3 nitrogen and oxygen atoms in total. The van der Waals surface area contributed by atoms with Gasteiger partial charge in [-0.2, -0.15) is 0 Å². The number of nitrogens with two attached hydrogens (primary N) is 1. The lowest BCUT2D eigenvalue weighted by Crippen LogP contribution is -2.35. The summed E-state index contributed by atoms with van der Waals surface area (Å²) in [6.07, 6.45) is 0. The highest BCUT2D eigenvalue weighted by Gasteiger charge is 2.19. The minimum absolute atomic E-state index is 0.185. The van der Waals surface area contributed by atoms with Crippen LogP contribution in [0.1, 0.15) is 15.9 Å². The van der Waals surface area contributed by atoms with Crippen molar-refractivity contribution in [2.24, 2.45) is 5.73 Å². The Morgan fingerprint density at radius 2 is 1.86 bits per heavy atom. The fourth-order valence-electron chi connectivity index (χ4n) is 2.05. The van der Waals surface area contributed by atoms with Crippen LogP contribution in [0.5, 0.6) is 0 Å². The summed E-state index contributed by atoms with van der Waals surface area (Å²) >= 11 is 3.13. The van der Waals surface area contributed by atoms with Crippen molar-refractivity contribution in [3.05, 3.63) is 69.9 Å². The topological polar surface area (TPSA) is 46.3 Å². The lowest BCUT2D eigenvalue weighted by molar-refractivity contribution is 0.0746. The zero-order valence-electron chi connectivity index (χ0n) is 11.4. The molecule has 0 saturated carbocycles. The summed E-state index contributed by atoms with van der Waals surface area (Å²) in [5.41, 5.74) is 6.90. The molecule has 0 fully saturated rings. The molecule has 0 saturated heterocycles. The van der Waals surface area contributed by atoms with E-state index >= 15 is 0 Å². The van der Waals surface area contributed by atoms with E-state index in [2.05, 4.69) is 15.9 Å². The van der Waals surface area contributed by atoms with E-state index < -0.39 is 5.82 Å². The summed E-state index contributed by atoms with van der Waals surface area (Å²) in [7, 11) is 0. The quantitative estimate of drug-likeness (QED) is 0.899. The van der Waals surface area contributed by atoms with Crippen LogP contribution in [0.2, 0.25) is 0 Å². The molecular weight excluding hydrogens is 335 g/mol. The van der Waals surface area contributed by atoms with Crippen molar-refractivity contribution in [1.82, 2.24) is 4.90 Å². The van der Waals surface area contributed by atoms with Crippen LogP contribution in [0.25, 0.3) is 0 Å². The smallest absolute Gasteiger partial charge is 0.255 e. The van der Waals surface area contributed by atoms with Gasteiger partial charge in [0.25, 0.3) is 5.91 Å². The molecule has 0 aliphatic carbocycles. The molecule has 2 aromatic rings. The van der Waals surface area contributed by atoms with Crippen LogP contribution in [-0.2, 0) is 6.54 Å². The third kappa shape index (κ3) is 3.89. The van der Waals surface area contributed by atoms with Crippen LogP contribution in [-0.4, -0.2) is 23.9 Å². The number of carbonyl (C=O) groups is 1. The standard InChI is InChI=1S/C16H16BrFN2O/c17-15-13(7-4-8-14(15)18)16(21)20(10-9-19)11-12-5-2-1-3-6-12/h1-8H,9-11,19H2. The van der Waals surface area contributed by atoms with E-state index in [1.165, 1.54) is 12.1 Å². The first-order valence-electron chi connectivity index (χ1n) is 6.60. The van der Waals surface area contributed by atoms with Gasteiger partial charge in [0.1, 0.15) is 5.82 Å². The minimum atomic E-state index is -0.451. The second kappa shape index (κ2) is 7.33. The second-order valence-electron chi connectivity index (χ2n) is 4.60. The van der Waals surface area contributed by atoms with Crippen LogP contribution in [0.4, 0.5) is 4.39 Å². The lowest BCUT2D eigenvalue weighted by Gasteiger charge is -2.23. The number of rotatable bonds is 5. The second-order valence-corrected chi connectivity index (χ2v) is 5.40. The predicted molar refractivity (Wildman–Crippen MR) is 84.3 cm³/mol. The van der Waals surface area contributed by atoms with Crippen molar-refractivity contribution < 1.29 is 9.18 Å². The molecule has 0 atom stereocenters. The van der Waals surface area contributed by atoms with Crippen molar-refractivity contribution in [1.29, 1.82) is 0 Å². The van der Waals surface area contributed by atoms with E-state index in [0.717, 1.165) is 5.56 Å². The number of nitrogens with zero attached hydrogens (tertiary/aromatic N) is 1. The largest absolute Gasteiger partial charge is 0.333 e. The molecule has 5 heteroatoms. The van der Waals surface area contributed by atoms with Crippen molar-refractivity contribution in [2.45, 2.75) is 6.54 Å². The maximum atomic E-state index is 13.6. The van der Waals surface area contributed by atoms with E-state index in [1.807, 2.05) is 30.3 Å². The molecule has 0 radical (unpaired) electrons. The monoisotopic (exact) mass is 350 g/mol. The maximum Gasteiger partial charge on any atom is 0.255 e. The van der Waals surface area contributed by atoms with Crippen molar-refractivity contribution >= 4 is 21.8 Å². The molecule has 0 heterocycles. The Morgan fingerprint density at radius 1 is 1.14 bits per heavy atom. The van der Waals surface area contributed by atoms with Gasteiger partial charge < -0.3 is 10.6 Å². The van der Waals surface area contributed by atoms with Crippen molar-refractivity contribution in [3.63, 3.8) is 0 Å². The SMILES string of the molecule is NCCN(Cc1ccccc1)C(=O)c1cccc(F)c1Br. The third-order valence-electron chi connectivity index (χ3n) is 3.08. The Morgan fingerprint density at radius 3 is 2.52 bits per heavy atom. The van der Waals surface area contributed by atoms with Gasteiger partial charge in [-0.25, -0.2) is 4.39 Å². The molecule has 2 aromatic carbocycles. The number of hydrogen-bond acceptors (Lipinski definition) is 2. The van der Waals surface area contributed by atoms with Crippen LogP contribution in [0.3, 0.4) is 0 Å². The highest BCUT2D eigenvalue weighted by atomic mass is 79.9. The third-order valence-corrected chi connectivity index (χ3v) is 3.89. The molecule has 0 aliphatic heterocycles. The Balaban J connectivity index is 2.25. The number of hydrogen-bond donors (Lipinski definition) is 1. The van der Waals surface area contributed by atoms with Gasteiger partial charge in [0.2, 0.25) is 0 Å². The predicted octanol–water partition coefficient (Wildman–Crippen LogP) is 3.19. The lowest BCUT2D eigenvalue weighted by atomic mass is 10.1. The van der Waals surface area contributed by atoms with Gasteiger partial charge >= 0.3 is 0 Å². The van der Waals surface area contributed by atoms with E-state index in [9.17, 15) is 9.18 Å². The molecule has 2 rings (SSSR count). The minimum Gasteiger partial charge on any atom is -0.333 e. The first kappa shape index (κ1) is 15.7. The van der Waals surface area contributed by atoms with Gasteiger partial charge in [-0.05, 0) is 33.6 Å². The zero-order chi connectivity index (χ0) is 15.2. The summed E-state index contributed by atoms with van der Waals surface area (Å²) in [6, 6.07) is 14.1. The van der Waals surface area contributed by atoms with Gasteiger partial charge in [0.15, 0.2) is 0 Å². The van der Waals surface area contributed by atoms with Gasteiger partial charge in [0.05, 0.1) is 10.0 Å². The van der Waals surface area contributed by atoms with Crippen LogP contribution in [0.15, 0.2) is 53.0 Å². The van der Waals surface area contributed by atoms with Gasteiger partial charge in [-0.3, -0.25) is 4.79 Å². The average Bonchev–Trinajstić information content (AvgIpc) is 2.50. The van der Waals surface area contributed by atoms with Gasteiger partial charge in [-0.1, -0.05) is 36.4 Å². The molecular formula is C16H16BrFN2O. The molecule has 0 spiro atoms. The fraction of sp³-hybridized carbons (Fsp3) is 0.188. The Kier molecular flexibility index (Phi) is 5.47.